The lowest BCUT2D eigenvalue weighted by molar-refractivity contribution is -0.137. The van der Waals surface area contributed by atoms with Crippen LogP contribution in [0.25, 0.3) is 32.0 Å². The number of benzene rings is 2. The first-order valence-electron chi connectivity index (χ1n) is 19.7. The van der Waals surface area contributed by atoms with Gasteiger partial charge in [-0.2, -0.15) is 0 Å². The Hall–Kier alpha value is -4.42. The molecule has 10 nitrogen and oxygen atoms in total. The van der Waals surface area contributed by atoms with Gasteiger partial charge < -0.3 is 20.4 Å². The van der Waals surface area contributed by atoms with Crippen LogP contribution >= 0.6 is 22.7 Å². The van der Waals surface area contributed by atoms with Crippen molar-refractivity contribution in [2.24, 2.45) is 11.8 Å². The third kappa shape index (κ3) is 7.73. The Labute approximate surface area is 324 Å². The van der Waals surface area contributed by atoms with Gasteiger partial charge in [-0.25, -0.2) is 9.97 Å². The van der Waals surface area contributed by atoms with E-state index in [1.54, 1.807) is 22.7 Å². The molecule has 0 bridgehead atoms. The van der Waals surface area contributed by atoms with Crippen molar-refractivity contribution in [2.75, 3.05) is 13.1 Å². The van der Waals surface area contributed by atoms with E-state index in [1.807, 2.05) is 36.0 Å². The van der Waals surface area contributed by atoms with Gasteiger partial charge in [0.25, 0.3) is 0 Å². The summed E-state index contributed by atoms with van der Waals surface area (Å²) in [6.07, 6.45) is 12.3. The topological polar surface area (TPSA) is 125 Å². The number of hydrogen-bond donors (Lipinski definition) is 2. The number of likely N-dealkylation sites (tertiary alicyclic amines) is 2. The van der Waals surface area contributed by atoms with Crippen LogP contribution in [-0.4, -0.2) is 68.6 Å². The molecule has 2 N–H and O–H groups in total. The van der Waals surface area contributed by atoms with Crippen molar-refractivity contribution in [3.05, 3.63) is 70.9 Å². The minimum absolute atomic E-state index is 0.000934. The number of amides is 4. The summed E-state index contributed by atoms with van der Waals surface area (Å²) in [7, 11) is 0. The van der Waals surface area contributed by atoms with Gasteiger partial charge in [0.1, 0.15) is 22.1 Å². The Kier molecular flexibility index (Phi) is 10.7. The second kappa shape index (κ2) is 15.7. The predicted octanol–water partition coefficient (Wildman–Crippen LogP) is 7.54. The zero-order valence-corrected chi connectivity index (χ0v) is 32.6. The fourth-order valence-corrected chi connectivity index (χ4v) is 9.87. The molecule has 4 atom stereocenters. The summed E-state index contributed by atoms with van der Waals surface area (Å²) < 4.78 is 0. The number of rotatable bonds is 13. The quantitative estimate of drug-likeness (QED) is 0.145. The molecule has 2 aliphatic heterocycles. The first kappa shape index (κ1) is 36.6. The molecule has 4 fully saturated rings. The lowest BCUT2D eigenvalue weighted by atomic mass is 10.0. The Morgan fingerprint density at radius 1 is 0.611 bits per heavy atom. The molecule has 54 heavy (non-hydrogen) atoms. The van der Waals surface area contributed by atoms with Crippen LogP contribution in [0.5, 0.6) is 0 Å². The maximum absolute atomic E-state index is 13.5. The van der Waals surface area contributed by atoms with Crippen LogP contribution in [0.1, 0.15) is 100 Å². The number of thiazole rings is 2. The SMILES string of the molecule is CC[C@@H](NC(=O)C1CC1)C(=O)N1CCC[C@H]1c1ncc(-c2ccc(-c3ccc(-c4cnc([C@@H]5CCCN5C(=O)[C@@H](CC)NC(=O)C5CC5)s4)cc3)cc2)s1. The number of carbonyl (C=O) groups excluding carboxylic acids is 4. The summed E-state index contributed by atoms with van der Waals surface area (Å²) in [6, 6.07) is 16.0. The molecule has 8 rings (SSSR count). The van der Waals surface area contributed by atoms with Crippen molar-refractivity contribution in [1.82, 2.24) is 30.4 Å². The molecule has 2 aromatic carbocycles. The van der Waals surface area contributed by atoms with E-state index in [-0.39, 0.29) is 47.5 Å². The summed E-state index contributed by atoms with van der Waals surface area (Å²) in [6.45, 7) is 5.28. The maximum Gasteiger partial charge on any atom is 0.245 e. The third-order valence-electron chi connectivity index (χ3n) is 11.3. The maximum atomic E-state index is 13.5. The third-order valence-corrected chi connectivity index (χ3v) is 13.6. The van der Waals surface area contributed by atoms with E-state index >= 15 is 0 Å². The zero-order valence-electron chi connectivity index (χ0n) is 31.0. The normalized spacial score (nSPS) is 20.9. The summed E-state index contributed by atoms with van der Waals surface area (Å²) in [5.74, 6) is 0.176. The van der Waals surface area contributed by atoms with Crippen molar-refractivity contribution in [2.45, 2.75) is 102 Å². The minimum atomic E-state index is -0.480. The van der Waals surface area contributed by atoms with Crippen molar-refractivity contribution in [3.8, 4) is 32.0 Å². The Bertz CT molecular complexity index is 1860. The van der Waals surface area contributed by atoms with E-state index in [0.717, 1.165) is 93.4 Å². The average molecular weight is 765 g/mol. The summed E-state index contributed by atoms with van der Waals surface area (Å²) in [5.41, 5.74) is 4.41. The first-order chi connectivity index (χ1) is 26.3. The van der Waals surface area contributed by atoms with Crippen LogP contribution in [0.2, 0.25) is 0 Å². The molecule has 4 aliphatic rings. The molecule has 12 heteroatoms. The molecule has 4 heterocycles. The fraction of sp³-hybridized carbons (Fsp3) is 0.476. The lowest BCUT2D eigenvalue weighted by Gasteiger charge is -2.28. The van der Waals surface area contributed by atoms with Gasteiger partial charge in [-0.15, -0.1) is 22.7 Å². The highest BCUT2D eigenvalue weighted by Crippen LogP contribution is 2.40. The molecule has 2 aromatic heterocycles. The van der Waals surface area contributed by atoms with Gasteiger partial charge in [-0.1, -0.05) is 62.4 Å². The smallest absolute Gasteiger partial charge is 0.245 e. The second-order valence-corrected chi connectivity index (χ2v) is 17.3. The van der Waals surface area contributed by atoms with Gasteiger partial charge in [0.2, 0.25) is 23.6 Å². The monoisotopic (exact) mass is 764 g/mol. The highest BCUT2D eigenvalue weighted by Gasteiger charge is 2.39. The van der Waals surface area contributed by atoms with Crippen molar-refractivity contribution in [1.29, 1.82) is 0 Å². The van der Waals surface area contributed by atoms with Crippen molar-refractivity contribution >= 4 is 46.3 Å². The van der Waals surface area contributed by atoms with Gasteiger partial charge >= 0.3 is 0 Å². The highest BCUT2D eigenvalue weighted by atomic mass is 32.1. The Balaban J connectivity index is 0.898. The van der Waals surface area contributed by atoms with Crippen LogP contribution in [0.3, 0.4) is 0 Å². The molecule has 0 radical (unpaired) electrons. The van der Waals surface area contributed by atoms with Gasteiger partial charge in [-0.3, -0.25) is 19.2 Å². The van der Waals surface area contributed by atoms with Gasteiger partial charge in [0, 0.05) is 37.3 Å². The zero-order chi connectivity index (χ0) is 37.3. The van der Waals surface area contributed by atoms with E-state index < -0.39 is 12.1 Å². The number of aromatic nitrogens is 2. The van der Waals surface area contributed by atoms with Crippen molar-refractivity contribution in [3.63, 3.8) is 0 Å². The van der Waals surface area contributed by atoms with Crippen LogP contribution in [-0.2, 0) is 19.2 Å². The van der Waals surface area contributed by atoms with Crippen LogP contribution in [0.15, 0.2) is 60.9 Å². The summed E-state index contributed by atoms with van der Waals surface area (Å²) in [5, 5.41) is 7.88. The fourth-order valence-electron chi connectivity index (χ4n) is 7.73. The second-order valence-electron chi connectivity index (χ2n) is 15.1. The summed E-state index contributed by atoms with van der Waals surface area (Å²) >= 11 is 3.28. The largest absolute Gasteiger partial charge is 0.344 e. The van der Waals surface area contributed by atoms with Crippen LogP contribution in [0, 0.1) is 11.8 Å². The Morgan fingerprint density at radius 3 is 1.33 bits per heavy atom. The average Bonchev–Trinajstić information content (AvgIpc) is 3.96. The first-order valence-corrected chi connectivity index (χ1v) is 21.3. The van der Waals surface area contributed by atoms with Crippen LogP contribution < -0.4 is 10.6 Å². The number of nitrogens with one attached hydrogen (secondary N) is 2. The number of nitrogens with zero attached hydrogens (tertiary/aromatic N) is 4. The van der Waals surface area contributed by atoms with E-state index in [0.29, 0.717) is 25.9 Å². The highest BCUT2D eigenvalue weighted by molar-refractivity contribution is 7.15. The van der Waals surface area contributed by atoms with E-state index in [1.165, 1.54) is 0 Å². The van der Waals surface area contributed by atoms with E-state index in [4.69, 9.17) is 9.97 Å². The molecule has 0 spiro atoms. The molecule has 282 valence electrons. The van der Waals surface area contributed by atoms with E-state index in [9.17, 15) is 19.2 Å². The molecular formula is C42H48N6O4S2. The lowest BCUT2D eigenvalue weighted by Crippen LogP contribution is -2.48. The molecule has 4 amide bonds. The Morgan fingerprint density at radius 2 is 0.981 bits per heavy atom. The molecular weight excluding hydrogens is 717 g/mol. The number of carbonyl (C=O) groups is 4. The predicted molar refractivity (Wildman–Crippen MR) is 211 cm³/mol. The van der Waals surface area contributed by atoms with Crippen LogP contribution in [0.4, 0.5) is 0 Å². The van der Waals surface area contributed by atoms with E-state index in [2.05, 4.69) is 59.2 Å². The molecule has 4 aromatic rings. The minimum Gasteiger partial charge on any atom is -0.344 e. The molecule has 2 saturated carbocycles. The number of hydrogen-bond acceptors (Lipinski definition) is 8. The molecule has 2 saturated heterocycles. The van der Waals surface area contributed by atoms with Crippen molar-refractivity contribution < 1.29 is 19.2 Å². The standard InChI is InChI=1S/C42H48N6O4S2/c1-3-31(45-37(49)29-17-18-29)41(51)47-21-5-7-33(47)39-43-23-35(53-39)27-13-9-25(10-14-27)26-11-15-28(16-12-26)36-24-44-40(54-36)34-8-6-22-48(34)42(52)32(4-2)46-38(50)30-19-20-30/h9-16,23-24,29-34H,3-8,17-22H2,1-2H3,(H,45,49)(H,46,50)/t31-,32-,33+,34+/m1/s1. The van der Waals surface area contributed by atoms with Gasteiger partial charge in [0.15, 0.2) is 0 Å². The van der Waals surface area contributed by atoms with Gasteiger partial charge in [0.05, 0.1) is 21.8 Å². The molecule has 0 unspecified atom stereocenters. The summed E-state index contributed by atoms with van der Waals surface area (Å²) in [4.78, 5) is 67.4. The molecule has 2 aliphatic carbocycles. The van der Waals surface area contributed by atoms with Gasteiger partial charge in [-0.05, 0) is 86.5 Å².